The molecule has 2 N–H and O–H groups in total. The number of thioether (sulfide) groups is 1. The van der Waals surface area contributed by atoms with Crippen LogP contribution in [0.2, 0.25) is 0 Å². The average Bonchev–Trinajstić information content (AvgIpc) is 3.31. The summed E-state index contributed by atoms with van der Waals surface area (Å²) in [5, 5.41) is 5.64. The van der Waals surface area contributed by atoms with E-state index in [-0.39, 0.29) is 17.2 Å². The lowest BCUT2D eigenvalue weighted by molar-refractivity contribution is -0.113. The molecule has 5 rings (SSSR count). The first-order chi connectivity index (χ1) is 17.5. The minimum Gasteiger partial charge on any atom is -0.325 e. The first kappa shape index (κ1) is 23.7. The van der Waals surface area contributed by atoms with Crippen LogP contribution in [0.3, 0.4) is 0 Å². The SMILES string of the molecule is O=C(CSc1nc2ccc(NC(=O)c3ccccc3F)cc2s1)Nc1ccc(-c2ccccc2)cc1. The molecule has 0 radical (unpaired) electrons. The number of amides is 2. The van der Waals surface area contributed by atoms with Crippen LogP contribution >= 0.6 is 23.1 Å². The summed E-state index contributed by atoms with van der Waals surface area (Å²) in [6.07, 6.45) is 0. The second-order valence-electron chi connectivity index (χ2n) is 7.88. The van der Waals surface area contributed by atoms with Crippen molar-refractivity contribution in [2.24, 2.45) is 0 Å². The number of thiazole rings is 1. The largest absolute Gasteiger partial charge is 0.325 e. The number of anilines is 2. The van der Waals surface area contributed by atoms with E-state index >= 15 is 0 Å². The van der Waals surface area contributed by atoms with Crippen molar-refractivity contribution in [2.75, 3.05) is 16.4 Å². The first-order valence-corrected chi connectivity index (χ1v) is 12.9. The van der Waals surface area contributed by atoms with E-state index in [0.29, 0.717) is 5.69 Å². The van der Waals surface area contributed by atoms with Gasteiger partial charge in [-0.2, -0.15) is 0 Å². The lowest BCUT2D eigenvalue weighted by Gasteiger charge is -2.06. The number of carbonyl (C=O) groups excluding carboxylic acids is 2. The number of rotatable bonds is 7. The number of hydrogen-bond donors (Lipinski definition) is 2. The van der Waals surface area contributed by atoms with Crippen LogP contribution in [-0.4, -0.2) is 22.6 Å². The van der Waals surface area contributed by atoms with Crippen LogP contribution in [0.25, 0.3) is 21.3 Å². The van der Waals surface area contributed by atoms with Crippen molar-refractivity contribution in [1.82, 2.24) is 4.98 Å². The van der Waals surface area contributed by atoms with Crippen LogP contribution in [0.5, 0.6) is 0 Å². The normalized spacial score (nSPS) is 10.8. The second-order valence-corrected chi connectivity index (χ2v) is 10.1. The molecular weight excluding hydrogens is 493 g/mol. The summed E-state index contributed by atoms with van der Waals surface area (Å²) in [5.41, 5.74) is 4.24. The molecule has 2 amide bonds. The van der Waals surface area contributed by atoms with Gasteiger partial charge in [-0.25, -0.2) is 9.37 Å². The molecule has 5 aromatic rings. The summed E-state index contributed by atoms with van der Waals surface area (Å²) in [6, 6.07) is 28.9. The maximum absolute atomic E-state index is 13.9. The Morgan fingerprint density at radius 1 is 0.806 bits per heavy atom. The van der Waals surface area contributed by atoms with Gasteiger partial charge in [-0.3, -0.25) is 9.59 Å². The number of benzene rings is 4. The molecule has 5 nitrogen and oxygen atoms in total. The van der Waals surface area contributed by atoms with Crippen LogP contribution in [0, 0.1) is 5.82 Å². The van der Waals surface area contributed by atoms with E-state index in [2.05, 4.69) is 15.6 Å². The zero-order valence-corrected chi connectivity index (χ0v) is 20.5. The highest BCUT2D eigenvalue weighted by molar-refractivity contribution is 8.01. The van der Waals surface area contributed by atoms with Crippen molar-refractivity contribution in [2.45, 2.75) is 4.34 Å². The van der Waals surface area contributed by atoms with Crippen LogP contribution in [0.15, 0.2) is 101 Å². The van der Waals surface area contributed by atoms with Gasteiger partial charge in [0.2, 0.25) is 5.91 Å². The number of nitrogens with one attached hydrogen (secondary N) is 2. The van der Waals surface area contributed by atoms with E-state index < -0.39 is 11.7 Å². The Bertz CT molecular complexity index is 1540. The van der Waals surface area contributed by atoms with E-state index in [1.165, 1.54) is 41.3 Å². The lowest BCUT2D eigenvalue weighted by atomic mass is 10.1. The molecule has 0 atom stereocenters. The first-order valence-electron chi connectivity index (χ1n) is 11.1. The molecule has 0 unspecified atom stereocenters. The van der Waals surface area contributed by atoms with Gasteiger partial charge in [0, 0.05) is 11.4 Å². The Kier molecular flexibility index (Phi) is 7.06. The molecule has 0 aliphatic rings. The molecule has 0 saturated heterocycles. The van der Waals surface area contributed by atoms with Crippen molar-refractivity contribution >= 4 is 56.5 Å². The molecule has 0 fully saturated rings. The number of aromatic nitrogens is 1. The third-order valence-corrected chi connectivity index (χ3v) is 7.51. The molecule has 8 heteroatoms. The van der Waals surface area contributed by atoms with Crippen LogP contribution < -0.4 is 10.6 Å². The van der Waals surface area contributed by atoms with Crippen molar-refractivity contribution in [3.05, 3.63) is 108 Å². The Labute approximate surface area is 215 Å². The number of hydrogen-bond acceptors (Lipinski definition) is 5. The quantitative estimate of drug-likeness (QED) is 0.228. The number of carbonyl (C=O) groups is 2. The third kappa shape index (κ3) is 5.62. The maximum atomic E-state index is 13.9. The number of halogens is 1. The monoisotopic (exact) mass is 513 g/mol. The summed E-state index contributed by atoms with van der Waals surface area (Å²) in [6.45, 7) is 0. The molecule has 0 saturated carbocycles. The van der Waals surface area contributed by atoms with E-state index in [9.17, 15) is 14.0 Å². The fourth-order valence-corrected chi connectivity index (χ4v) is 5.50. The van der Waals surface area contributed by atoms with Gasteiger partial charge in [0.25, 0.3) is 5.91 Å². The molecule has 4 aromatic carbocycles. The summed E-state index contributed by atoms with van der Waals surface area (Å²) >= 11 is 2.78. The van der Waals surface area contributed by atoms with E-state index in [4.69, 9.17) is 0 Å². The zero-order valence-electron chi connectivity index (χ0n) is 18.9. The molecular formula is C28H20FN3O2S2. The molecule has 0 bridgehead atoms. The van der Waals surface area contributed by atoms with Crippen molar-refractivity contribution in [3.8, 4) is 11.1 Å². The Hall–Kier alpha value is -4.01. The van der Waals surface area contributed by atoms with Crippen LogP contribution in [0.4, 0.5) is 15.8 Å². The predicted molar refractivity (Wildman–Crippen MR) is 145 cm³/mol. The molecule has 1 heterocycles. The zero-order chi connectivity index (χ0) is 24.9. The smallest absolute Gasteiger partial charge is 0.258 e. The van der Waals surface area contributed by atoms with Gasteiger partial charge >= 0.3 is 0 Å². The van der Waals surface area contributed by atoms with Gasteiger partial charge in [0.1, 0.15) is 5.82 Å². The Morgan fingerprint density at radius 2 is 1.50 bits per heavy atom. The van der Waals surface area contributed by atoms with Crippen molar-refractivity contribution < 1.29 is 14.0 Å². The van der Waals surface area contributed by atoms with E-state index in [1.54, 1.807) is 24.3 Å². The van der Waals surface area contributed by atoms with Gasteiger partial charge in [0.05, 0.1) is 21.5 Å². The number of fused-ring (bicyclic) bond motifs is 1. The summed E-state index contributed by atoms with van der Waals surface area (Å²) < 4.78 is 15.5. The fraction of sp³-hybridized carbons (Fsp3) is 0.0357. The Morgan fingerprint density at radius 3 is 2.28 bits per heavy atom. The topological polar surface area (TPSA) is 71.1 Å². The van der Waals surface area contributed by atoms with Gasteiger partial charge in [-0.05, 0) is 53.6 Å². The highest BCUT2D eigenvalue weighted by Crippen LogP contribution is 2.31. The maximum Gasteiger partial charge on any atom is 0.258 e. The van der Waals surface area contributed by atoms with Crippen molar-refractivity contribution in [3.63, 3.8) is 0 Å². The van der Waals surface area contributed by atoms with E-state index in [1.807, 2.05) is 54.6 Å². The number of nitrogens with zero attached hydrogens (tertiary/aromatic N) is 1. The summed E-state index contributed by atoms with van der Waals surface area (Å²) in [5.74, 6) is -0.987. The molecule has 36 heavy (non-hydrogen) atoms. The van der Waals surface area contributed by atoms with Gasteiger partial charge in [-0.1, -0.05) is 66.4 Å². The second kappa shape index (κ2) is 10.7. The fourth-order valence-electron chi connectivity index (χ4n) is 3.59. The molecule has 0 spiro atoms. The highest BCUT2D eigenvalue weighted by Gasteiger charge is 2.13. The van der Waals surface area contributed by atoms with Gasteiger partial charge < -0.3 is 10.6 Å². The third-order valence-electron chi connectivity index (χ3n) is 5.35. The summed E-state index contributed by atoms with van der Waals surface area (Å²) in [7, 11) is 0. The lowest BCUT2D eigenvalue weighted by Crippen LogP contribution is -2.13. The Balaban J connectivity index is 1.18. The molecule has 0 aliphatic heterocycles. The van der Waals surface area contributed by atoms with Crippen molar-refractivity contribution in [1.29, 1.82) is 0 Å². The van der Waals surface area contributed by atoms with E-state index in [0.717, 1.165) is 31.4 Å². The minimum absolute atomic E-state index is 0.0149. The predicted octanol–water partition coefficient (Wildman–Crippen LogP) is 7.09. The minimum atomic E-state index is -0.571. The highest BCUT2D eigenvalue weighted by atomic mass is 32.2. The summed E-state index contributed by atoms with van der Waals surface area (Å²) in [4.78, 5) is 29.4. The average molecular weight is 514 g/mol. The molecule has 1 aromatic heterocycles. The van der Waals surface area contributed by atoms with Gasteiger partial charge in [0.15, 0.2) is 4.34 Å². The molecule has 0 aliphatic carbocycles. The van der Waals surface area contributed by atoms with Crippen LogP contribution in [0.1, 0.15) is 10.4 Å². The van der Waals surface area contributed by atoms with Gasteiger partial charge in [-0.15, -0.1) is 11.3 Å². The molecule has 178 valence electrons. The standard InChI is InChI=1S/C28H20FN3O2S2/c29-23-9-5-4-8-22(23)27(34)31-21-14-15-24-25(16-21)36-28(32-24)35-17-26(33)30-20-12-10-19(11-13-20)18-6-2-1-3-7-18/h1-16H,17H2,(H,30,33)(H,31,34). The van der Waals surface area contributed by atoms with Crippen LogP contribution in [-0.2, 0) is 4.79 Å².